The number of nitrogens with zero attached hydrogens (tertiary/aromatic N) is 12. The van der Waals surface area contributed by atoms with Gasteiger partial charge in [-0.1, -0.05) is 13.8 Å². The van der Waals surface area contributed by atoms with Crippen LogP contribution < -0.4 is 0 Å². The third-order valence-electron chi connectivity index (χ3n) is 25.7. The lowest BCUT2D eigenvalue weighted by Gasteiger charge is -2.50. The normalized spacial score (nSPS) is 28.5. The number of ether oxygens (including phenoxy) is 2. The molecule has 102 heavy (non-hydrogen) atoms. The van der Waals surface area contributed by atoms with Crippen LogP contribution in [-0.2, 0) is 38.2 Å². The van der Waals surface area contributed by atoms with E-state index in [1.54, 1.807) is 0 Å². The first-order chi connectivity index (χ1) is 47.5. The summed E-state index contributed by atoms with van der Waals surface area (Å²) in [5, 5.41) is 0. The summed E-state index contributed by atoms with van der Waals surface area (Å²) in [6.07, 6.45) is 21.1. The molecule has 0 saturated carbocycles. The van der Waals surface area contributed by atoms with Crippen LogP contribution in [0.4, 0.5) is 0 Å². The Morgan fingerprint density at radius 2 is 0.500 bits per heavy atom. The van der Waals surface area contributed by atoms with Gasteiger partial charge in [0.1, 0.15) is 12.1 Å². The van der Waals surface area contributed by atoms with Crippen LogP contribution in [0.15, 0.2) is 0 Å². The number of methoxy groups -OCH3 is 2. The van der Waals surface area contributed by atoms with E-state index in [0.717, 1.165) is 194 Å². The molecule has 12 heterocycles. The lowest BCUT2D eigenvalue weighted by atomic mass is 9.90. The van der Waals surface area contributed by atoms with Crippen LogP contribution in [0.1, 0.15) is 281 Å². The number of hydrogen-bond acceptors (Lipinski definition) is 16. The minimum atomic E-state index is -0.0560. The van der Waals surface area contributed by atoms with Gasteiger partial charge in [0.25, 0.3) is 0 Å². The van der Waals surface area contributed by atoms with E-state index in [4.69, 9.17) is 9.47 Å². The summed E-state index contributed by atoms with van der Waals surface area (Å²) in [6.45, 7) is 65.3. The number of amides is 4. The van der Waals surface area contributed by atoms with Crippen molar-refractivity contribution < 1.29 is 38.2 Å². The maximum Gasteiger partial charge on any atom is 0.323 e. The second-order valence-electron chi connectivity index (χ2n) is 38.3. The summed E-state index contributed by atoms with van der Waals surface area (Å²) in [7, 11) is 2.97. The molecule has 20 nitrogen and oxygen atoms in total. The molecule has 12 aliphatic heterocycles. The molecule has 20 heteroatoms. The predicted octanol–water partition coefficient (Wildman–Crippen LogP) is 11.3. The number of hydrogen-bond donors (Lipinski definition) is 0. The molecule has 0 radical (unpaired) electrons. The smallest absolute Gasteiger partial charge is 0.323 e. The maximum absolute atomic E-state index is 11.7. The average molecular weight is 1430 g/mol. The van der Waals surface area contributed by atoms with Gasteiger partial charge in [0.2, 0.25) is 23.6 Å². The highest BCUT2D eigenvalue weighted by atomic mass is 16.5. The minimum Gasteiger partial charge on any atom is -0.468 e. The van der Waals surface area contributed by atoms with Gasteiger partial charge < -0.3 is 29.1 Å². The first kappa shape index (κ1) is 85.7. The molecule has 0 unspecified atom stereocenters. The molecule has 0 aromatic heterocycles. The highest BCUT2D eigenvalue weighted by Gasteiger charge is 2.47. The number of carbonyl (C=O) groups excluding carboxylic acids is 6. The van der Waals surface area contributed by atoms with Crippen molar-refractivity contribution in [2.24, 2.45) is 0 Å². The molecule has 6 atom stereocenters. The van der Waals surface area contributed by atoms with Crippen molar-refractivity contribution in [2.45, 2.75) is 386 Å². The van der Waals surface area contributed by atoms with E-state index in [-0.39, 0.29) is 57.3 Å². The molecule has 12 saturated heterocycles. The Labute approximate surface area is 622 Å². The van der Waals surface area contributed by atoms with Crippen molar-refractivity contribution in [2.75, 3.05) is 106 Å². The fourth-order valence-corrected chi connectivity index (χ4v) is 18.4. The fraction of sp³-hybridized carbons (Fsp3) is 0.927. The predicted molar refractivity (Wildman–Crippen MR) is 413 cm³/mol. The van der Waals surface area contributed by atoms with Gasteiger partial charge in [-0.25, -0.2) is 0 Å². The van der Waals surface area contributed by atoms with E-state index < -0.39 is 0 Å². The Bertz CT molecular complexity index is 2480. The van der Waals surface area contributed by atoms with Crippen molar-refractivity contribution in [3.8, 4) is 0 Å². The molecule has 588 valence electrons. The van der Waals surface area contributed by atoms with Gasteiger partial charge in [0.15, 0.2) is 0 Å². The lowest BCUT2D eigenvalue weighted by molar-refractivity contribution is -0.155. The molecular weight excluding hydrogens is 1280 g/mol. The lowest BCUT2D eigenvalue weighted by Crippen LogP contribution is -2.60. The topological polar surface area (TPSA) is 160 Å². The molecule has 0 aromatic rings. The number of carbonyl (C=O) groups is 6. The van der Waals surface area contributed by atoms with Crippen molar-refractivity contribution in [1.82, 2.24) is 58.8 Å². The molecule has 12 fully saturated rings. The van der Waals surface area contributed by atoms with Gasteiger partial charge in [0.05, 0.1) is 14.2 Å². The zero-order valence-electron chi connectivity index (χ0n) is 69.6. The molecule has 0 aromatic carbocycles. The molecule has 0 bridgehead atoms. The Morgan fingerprint density at radius 3 is 0.647 bits per heavy atom. The van der Waals surface area contributed by atoms with Gasteiger partial charge in [0, 0.05) is 211 Å². The van der Waals surface area contributed by atoms with E-state index in [1.807, 2.05) is 0 Å². The molecule has 12 aliphatic rings. The maximum atomic E-state index is 11.7. The first-order valence-electron chi connectivity index (χ1n) is 40.9. The van der Waals surface area contributed by atoms with Crippen LogP contribution in [-0.4, -0.2) is 306 Å². The molecule has 0 N–H and O–H groups in total. The van der Waals surface area contributed by atoms with Gasteiger partial charge in [-0.05, 0) is 241 Å². The first-order valence-corrected chi connectivity index (χ1v) is 40.9. The largest absolute Gasteiger partial charge is 0.468 e. The SMILES string of the molecule is CC[C@@H]1CC(=O)N1C1CCN(C(C)(C)C)CC1.CC[C@H]1CC(=O)N1C1CCN(C(C)(C)C)CC1.COC(=O)[C@@H]1CCN1C1CCN(C(C)(C)C)CC1.COC(=O)[C@H]1CCN1C1CCN(C(C)(C)C)CC1.C[C@@H]1CC(=O)N1C1CCN(C(C)(C)C)CC1.C[C@H]1CC(=O)N1C1CCN(C(C)(C)C)CC1. The molecule has 0 aliphatic carbocycles. The summed E-state index contributed by atoms with van der Waals surface area (Å²) < 4.78 is 9.72. The zero-order chi connectivity index (χ0) is 75.8. The van der Waals surface area contributed by atoms with Crippen molar-refractivity contribution >= 4 is 35.6 Å². The van der Waals surface area contributed by atoms with Crippen molar-refractivity contribution in [1.29, 1.82) is 0 Å². The number of piperidine rings is 6. The summed E-state index contributed by atoms with van der Waals surface area (Å²) >= 11 is 0. The van der Waals surface area contributed by atoms with Gasteiger partial charge >= 0.3 is 11.9 Å². The minimum absolute atomic E-state index is 0.0289. The molecular formula is C82H152N12O8. The van der Waals surface area contributed by atoms with Crippen LogP contribution in [0, 0.1) is 0 Å². The number of β-lactam (4-membered cyclic amide) rings is 4. The van der Waals surface area contributed by atoms with Gasteiger partial charge in [-0.2, -0.15) is 0 Å². The third kappa shape index (κ3) is 22.3. The Morgan fingerprint density at radius 1 is 0.304 bits per heavy atom. The summed E-state index contributed by atoms with van der Waals surface area (Å²) in [5.41, 5.74) is 1.62. The van der Waals surface area contributed by atoms with Gasteiger partial charge in [-0.15, -0.1) is 0 Å². The molecule has 0 spiro atoms. The van der Waals surface area contributed by atoms with Crippen molar-refractivity contribution in [3.63, 3.8) is 0 Å². The van der Waals surface area contributed by atoms with E-state index >= 15 is 0 Å². The fourth-order valence-electron chi connectivity index (χ4n) is 18.4. The number of rotatable bonds is 10. The van der Waals surface area contributed by atoms with Crippen LogP contribution >= 0.6 is 0 Å². The van der Waals surface area contributed by atoms with Crippen LogP contribution in [0.3, 0.4) is 0 Å². The Hall–Kier alpha value is -3.50. The standard InChI is InChI=1S/2C14H26N2O2.2C14H26N2O.2C13H24N2O/c2*1-14(2,3)15-8-5-11(6-9-15)16-10-7-12(16)13(17)18-4;2*1-5-11-10-13(17)16(11)12-6-8-15(9-7-12)14(2,3)4;2*1-10-9-12(16)15(10)11-5-7-14(8-6-11)13(2,3)4/h2*11-12H,5-10H2,1-4H3;2*11-12H,5-10H2,1-4H3;2*10-11H,5-9H2,1-4H3/t2*12-;2*11-;2*10-/m101010/s1. The second-order valence-corrected chi connectivity index (χ2v) is 38.3. The van der Waals surface area contributed by atoms with Gasteiger partial charge in [-0.3, -0.25) is 68.0 Å². The Balaban J connectivity index is 0.000000172. The van der Waals surface area contributed by atoms with E-state index in [2.05, 4.69) is 211 Å². The summed E-state index contributed by atoms with van der Waals surface area (Å²) in [5.74, 6) is 1.37. The Kier molecular flexibility index (Phi) is 30.4. The summed E-state index contributed by atoms with van der Waals surface area (Å²) in [4.78, 5) is 98.1. The number of esters is 2. The highest BCUT2D eigenvalue weighted by Crippen LogP contribution is 2.37. The average Bonchev–Trinajstić information content (AvgIpc) is 0.824. The number of likely N-dealkylation sites (tertiary alicyclic amines) is 12. The monoisotopic (exact) mass is 1430 g/mol. The second kappa shape index (κ2) is 36.1. The van der Waals surface area contributed by atoms with Crippen LogP contribution in [0.5, 0.6) is 0 Å². The summed E-state index contributed by atoms with van der Waals surface area (Å²) in [6, 6.07) is 5.29. The zero-order valence-corrected chi connectivity index (χ0v) is 69.6. The quantitative estimate of drug-likeness (QED) is 0.150. The van der Waals surface area contributed by atoms with Crippen LogP contribution in [0.25, 0.3) is 0 Å². The van der Waals surface area contributed by atoms with E-state index in [1.165, 1.54) is 39.9 Å². The van der Waals surface area contributed by atoms with E-state index in [0.29, 0.717) is 84.0 Å². The highest BCUT2D eigenvalue weighted by molar-refractivity contribution is 5.85. The van der Waals surface area contributed by atoms with Crippen molar-refractivity contribution in [3.05, 3.63) is 0 Å². The van der Waals surface area contributed by atoms with Crippen LogP contribution in [0.2, 0.25) is 0 Å². The van der Waals surface area contributed by atoms with E-state index in [9.17, 15) is 28.8 Å². The molecule has 12 rings (SSSR count). The molecule has 4 amide bonds. The third-order valence-corrected chi connectivity index (χ3v) is 25.7.